The van der Waals surface area contributed by atoms with Crippen molar-refractivity contribution < 1.29 is 13.2 Å². The summed E-state index contributed by atoms with van der Waals surface area (Å²) in [5.74, 6) is 1.37. The molecule has 9 heteroatoms. The van der Waals surface area contributed by atoms with E-state index in [1.165, 1.54) is 6.07 Å². The molecule has 1 aromatic carbocycles. The Morgan fingerprint density at radius 1 is 1.07 bits per heavy atom. The van der Waals surface area contributed by atoms with Gasteiger partial charge in [-0.15, -0.1) is 0 Å². The molecule has 2 aromatic rings. The van der Waals surface area contributed by atoms with Gasteiger partial charge in [-0.05, 0) is 44.4 Å². The summed E-state index contributed by atoms with van der Waals surface area (Å²) in [7, 11) is 0. The van der Waals surface area contributed by atoms with E-state index in [9.17, 15) is 13.2 Å². The number of nitrogens with one attached hydrogen (secondary N) is 2. The average Bonchev–Trinajstić information content (AvgIpc) is 3.13. The normalized spacial score (nSPS) is 14.7. The Morgan fingerprint density at radius 3 is 2.44 bits per heavy atom. The van der Waals surface area contributed by atoms with Crippen molar-refractivity contribution in [3.8, 4) is 0 Å². The smallest absolute Gasteiger partial charge is 0.352 e. The highest BCUT2D eigenvalue weighted by Crippen LogP contribution is 2.29. The lowest BCUT2D eigenvalue weighted by Crippen LogP contribution is -2.23. The summed E-state index contributed by atoms with van der Waals surface area (Å²) < 4.78 is 38.6. The van der Waals surface area contributed by atoms with E-state index in [1.807, 2.05) is 13.8 Å². The van der Waals surface area contributed by atoms with E-state index in [-0.39, 0.29) is 12.6 Å². The van der Waals surface area contributed by atoms with Gasteiger partial charge in [0.1, 0.15) is 0 Å². The fourth-order valence-corrected chi connectivity index (χ4v) is 2.86. The molecule has 0 amide bonds. The van der Waals surface area contributed by atoms with Crippen LogP contribution in [0.1, 0.15) is 37.8 Å². The highest BCUT2D eigenvalue weighted by Gasteiger charge is 2.30. The van der Waals surface area contributed by atoms with Gasteiger partial charge in [0.2, 0.25) is 17.8 Å². The molecular formula is C18H23F3N6. The second kappa shape index (κ2) is 7.98. The fourth-order valence-electron chi connectivity index (χ4n) is 2.86. The molecule has 0 aliphatic carbocycles. The molecule has 0 spiro atoms. The lowest BCUT2D eigenvalue weighted by atomic mass is 10.1. The van der Waals surface area contributed by atoms with Crippen molar-refractivity contribution in [3.05, 3.63) is 35.4 Å². The molecule has 3 rings (SSSR count). The lowest BCUT2D eigenvalue weighted by molar-refractivity contribution is -0.137. The topological polar surface area (TPSA) is 66.0 Å². The number of hydrogen-bond acceptors (Lipinski definition) is 6. The van der Waals surface area contributed by atoms with E-state index in [1.54, 1.807) is 6.07 Å². The quantitative estimate of drug-likeness (QED) is 0.792. The summed E-state index contributed by atoms with van der Waals surface area (Å²) in [6.07, 6.45) is -2.18. The van der Waals surface area contributed by atoms with Crippen LogP contribution in [0.3, 0.4) is 0 Å². The monoisotopic (exact) mass is 380 g/mol. The van der Waals surface area contributed by atoms with Crippen LogP contribution in [0.15, 0.2) is 24.3 Å². The Bertz CT molecular complexity index is 772. The zero-order chi connectivity index (χ0) is 19.4. The van der Waals surface area contributed by atoms with Crippen LogP contribution < -0.4 is 15.5 Å². The van der Waals surface area contributed by atoms with Crippen LogP contribution in [0.25, 0.3) is 0 Å². The molecule has 0 saturated carbocycles. The first-order valence-corrected chi connectivity index (χ1v) is 8.99. The van der Waals surface area contributed by atoms with Crippen molar-refractivity contribution in [2.24, 2.45) is 0 Å². The molecule has 0 unspecified atom stereocenters. The molecule has 2 N–H and O–H groups in total. The Kier molecular flexibility index (Phi) is 5.67. The highest BCUT2D eigenvalue weighted by molar-refractivity contribution is 5.45. The van der Waals surface area contributed by atoms with Gasteiger partial charge in [0.15, 0.2) is 0 Å². The molecule has 146 valence electrons. The van der Waals surface area contributed by atoms with Crippen molar-refractivity contribution in [1.82, 2.24) is 15.0 Å². The second-order valence-corrected chi connectivity index (χ2v) is 6.83. The number of halogens is 3. The zero-order valence-corrected chi connectivity index (χ0v) is 15.3. The third-order valence-electron chi connectivity index (χ3n) is 4.14. The van der Waals surface area contributed by atoms with Gasteiger partial charge in [0.05, 0.1) is 5.56 Å². The van der Waals surface area contributed by atoms with Gasteiger partial charge in [0, 0.05) is 25.7 Å². The van der Waals surface area contributed by atoms with Crippen LogP contribution in [0.4, 0.5) is 31.0 Å². The van der Waals surface area contributed by atoms with Crippen molar-refractivity contribution in [2.75, 3.05) is 28.6 Å². The Labute approximate surface area is 156 Å². The number of anilines is 3. The van der Waals surface area contributed by atoms with Crippen molar-refractivity contribution >= 4 is 17.8 Å². The van der Waals surface area contributed by atoms with Crippen molar-refractivity contribution in [1.29, 1.82) is 0 Å². The molecule has 1 aliphatic heterocycles. The first-order chi connectivity index (χ1) is 12.8. The van der Waals surface area contributed by atoms with Gasteiger partial charge >= 0.3 is 6.18 Å². The van der Waals surface area contributed by atoms with E-state index in [4.69, 9.17) is 0 Å². The molecule has 0 radical (unpaired) electrons. The molecule has 2 heterocycles. The third kappa shape index (κ3) is 5.21. The highest BCUT2D eigenvalue weighted by atomic mass is 19.4. The van der Waals surface area contributed by atoms with E-state index in [0.29, 0.717) is 23.4 Å². The number of hydrogen-bond donors (Lipinski definition) is 2. The SMILES string of the molecule is CC(C)Nc1nc(NCc2cccc(C(F)(F)F)c2)nc(N2CCCC2)n1. The van der Waals surface area contributed by atoms with Crippen LogP contribution in [0.2, 0.25) is 0 Å². The summed E-state index contributed by atoms with van der Waals surface area (Å²) in [6.45, 7) is 5.93. The molecule has 1 aromatic heterocycles. The molecule has 0 atom stereocenters. The molecule has 0 bridgehead atoms. The number of alkyl halides is 3. The van der Waals surface area contributed by atoms with Crippen LogP contribution >= 0.6 is 0 Å². The van der Waals surface area contributed by atoms with Gasteiger partial charge in [-0.2, -0.15) is 28.1 Å². The van der Waals surface area contributed by atoms with Gasteiger partial charge < -0.3 is 15.5 Å². The van der Waals surface area contributed by atoms with Crippen LogP contribution in [0.5, 0.6) is 0 Å². The summed E-state index contributed by atoms with van der Waals surface area (Å²) in [5.41, 5.74) is -0.163. The van der Waals surface area contributed by atoms with Crippen molar-refractivity contribution in [3.63, 3.8) is 0 Å². The largest absolute Gasteiger partial charge is 0.416 e. The predicted octanol–water partition coefficient (Wildman–Crippen LogP) is 3.92. The summed E-state index contributed by atoms with van der Waals surface area (Å²) in [6, 6.07) is 5.37. The molecule has 1 fully saturated rings. The lowest BCUT2D eigenvalue weighted by Gasteiger charge is -2.18. The number of aromatic nitrogens is 3. The van der Waals surface area contributed by atoms with E-state index < -0.39 is 11.7 Å². The van der Waals surface area contributed by atoms with Gasteiger partial charge in [0.25, 0.3) is 0 Å². The van der Waals surface area contributed by atoms with E-state index in [2.05, 4.69) is 30.5 Å². The maximum atomic E-state index is 12.9. The fraction of sp³-hybridized carbons (Fsp3) is 0.500. The van der Waals surface area contributed by atoms with Gasteiger partial charge in [-0.3, -0.25) is 0 Å². The Morgan fingerprint density at radius 2 is 1.78 bits per heavy atom. The summed E-state index contributed by atoms with van der Waals surface area (Å²) >= 11 is 0. The summed E-state index contributed by atoms with van der Waals surface area (Å²) in [5, 5.41) is 6.18. The Hall–Kier alpha value is -2.58. The molecule has 6 nitrogen and oxygen atoms in total. The maximum absolute atomic E-state index is 12.9. The predicted molar refractivity (Wildman–Crippen MR) is 98.8 cm³/mol. The number of rotatable bonds is 6. The molecular weight excluding hydrogens is 357 g/mol. The third-order valence-corrected chi connectivity index (χ3v) is 4.14. The Balaban J connectivity index is 1.78. The van der Waals surface area contributed by atoms with E-state index >= 15 is 0 Å². The minimum absolute atomic E-state index is 0.148. The standard InChI is InChI=1S/C18H23F3N6/c1-12(2)23-16-24-15(25-17(26-16)27-8-3-4-9-27)22-11-13-6-5-7-14(10-13)18(19,20)21/h5-7,10,12H,3-4,8-9,11H2,1-2H3,(H2,22,23,24,25,26). The van der Waals surface area contributed by atoms with Crippen molar-refractivity contribution in [2.45, 2.75) is 45.5 Å². The molecule has 27 heavy (non-hydrogen) atoms. The second-order valence-electron chi connectivity index (χ2n) is 6.83. The average molecular weight is 380 g/mol. The molecule has 1 aliphatic rings. The maximum Gasteiger partial charge on any atom is 0.416 e. The van der Waals surface area contributed by atoms with E-state index in [0.717, 1.165) is 38.1 Å². The van der Waals surface area contributed by atoms with Gasteiger partial charge in [-0.25, -0.2) is 0 Å². The first-order valence-electron chi connectivity index (χ1n) is 8.99. The zero-order valence-electron chi connectivity index (χ0n) is 15.3. The minimum atomic E-state index is -4.36. The minimum Gasteiger partial charge on any atom is -0.352 e. The number of nitrogens with zero attached hydrogens (tertiary/aromatic N) is 4. The molecule has 1 saturated heterocycles. The van der Waals surface area contributed by atoms with Gasteiger partial charge in [-0.1, -0.05) is 12.1 Å². The van der Waals surface area contributed by atoms with Crippen LogP contribution in [-0.4, -0.2) is 34.1 Å². The summed E-state index contributed by atoms with van der Waals surface area (Å²) in [4.78, 5) is 15.3. The first kappa shape index (κ1) is 19.2. The van der Waals surface area contributed by atoms with Crippen LogP contribution in [0, 0.1) is 0 Å². The van der Waals surface area contributed by atoms with Crippen LogP contribution in [-0.2, 0) is 12.7 Å². The number of benzene rings is 1.